The summed E-state index contributed by atoms with van der Waals surface area (Å²) in [6, 6.07) is 1.11. The van der Waals surface area contributed by atoms with Crippen molar-refractivity contribution in [3.05, 3.63) is 33.1 Å². The standard InChI is InChI=1S/C10H17N2O13P3/c1-6-4-7(23-9(6)12-3-2-8(13)11-10(12)14)5-22-27(18,19)25-28(20,21)24-26(15,16)17/h2-3,6-7,9H,4-5H2,1H3,(H,18,19)(H,20,21)(H,11,13,14)(H2,15,16,17)/t6-,7?,9?/m0/s1. The van der Waals surface area contributed by atoms with Crippen molar-refractivity contribution in [2.45, 2.75) is 25.7 Å². The van der Waals surface area contributed by atoms with Crippen molar-refractivity contribution < 1.29 is 51.2 Å². The minimum Gasteiger partial charge on any atom is -0.352 e. The summed E-state index contributed by atoms with van der Waals surface area (Å²) in [7, 11) is -16.3. The van der Waals surface area contributed by atoms with Gasteiger partial charge in [0.25, 0.3) is 5.56 Å². The zero-order valence-corrected chi connectivity index (χ0v) is 16.7. The number of H-pyrrole nitrogens is 1. The zero-order valence-electron chi connectivity index (χ0n) is 14.1. The molecule has 2 heterocycles. The second-order valence-electron chi connectivity index (χ2n) is 5.77. The van der Waals surface area contributed by atoms with Gasteiger partial charge in [-0.2, -0.15) is 8.62 Å². The third kappa shape index (κ3) is 6.83. The monoisotopic (exact) mass is 466 g/mol. The molecule has 160 valence electrons. The Hall–Kier alpha value is -0.950. The van der Waals surface area contributed by atoms with Gasteiger partial charge in [-0.05, 0) is 6.42 Å². The highest BCUT2D eigenvalue weighted by Crippen LogP contribution is 2.66. The number of rotatable bonds is 8. The lowest BCUT2D eigenvalue weighted by molar-refractivity contribution is -0.0332. The molecular formula is C10H17N2O13P3. The molecule has 1 fully saturated rings. The summed E-state index contributed by atoms with van der Waals surface area (Å²) in [5.41, 5.74) is -1.33. The molecule has 5 N–H and O–H groups in total. The van der Waals surface area contributed by atoms with Gasteiger partial charge in [0.15, 0.2) is 0 Å². The Morgan fingerprint density at radius 3 is 2.39 bits per heavy atom. The third-order valence-corrected chi connectivity index (χ3v) is 7.22. The van der Waals surface area contributed by atoms with Gasteiger partial charge in [0, 0.05) is 18.2 Å². The predicted octanol–water partition coefficient (Wildman–Crippen LogP) is -0.197. The van der Waals surface area contributed by atoms with Crippen LogP contribution in [0.4, 0.5) is 0 Å². The van der Waals surface area contributed by atoms with Crippen molar-refractivity contribution in [1.29, 1.82) is 0 Å². The number of aromatic nitrogens is 2. The largest absolute Gasteiger partial charge is 0.490 e. The molecule has 28 heavy (non-hydrogen) atoms. The smallest absolute Gasteiger partial charge is 0.352 e. The van der Waals surface area contributed by atoms with Gasteiger partial charge in [0.05, 0.1) is 12.7 Å². The molecule has 1 aromatic rings. The Bertz CT molecular complexity index is 966. The molecule has 0 amide bonds. The number of phosphoric ester groups is 1. The molecular weight excluding hydrogens is 449 g/mol. The van der Waals surface area contributed by atoms with Gasteiger partial charge in [-0.15, -0.1) is 0 Å². The highest BCUT2D eigenvalue weighted by Gasteiger charge is 2.42. The average molecular weight is 466 g/mol. The second-order valence-corrected chi connectivity index (χ2v) is 10.2. The molecule has 0 aliphatic carbocycles. The van der Waals surface area contributed by atoms with E-state index in [1.807, 2.05) is 0 Å². The van der Waals surface area contributed by atoms with Gasteiger partial charge in [-0.3, -0.25) is 18.9 Å². The Kier molecular flexibility index (Phi) is 7.02. The number of ether oxygens (including phenoxy) is 1. The quantitative estimate of drug-likeness (QED) is 0.314. The van der Waals surface area contributed by atoms with Crippen LogP contribution in [0, 0.1) is 5.92 Å². The molecule has 5 atom stereocenters. The van der Waals surface area contributed by atoms with E-state index in [0.717, 1.165) is 10.6 Å². The topological polar surface area (TPSA) is 224 Å². The summed E-state index contributed by atoms with van der Waals surface area (Å²) in [4.78, 5) is 60.4. The van der Waals surface area contributed by atoms with Crippen LogP contribution in [0.2, 0.25) is 0 Å². The summed E-state index contributed by atoms with van der Waals surface area (Å²) in [6.45, 7) is 1.08. The first-order valence-corrected chi connectivity index (χ1v) is 11.9. The molecule has 0 radical (unpaired) electrons. The summed E-state index contributed by atoms with van der Waals surface area (Å²) in [5.74, 6) is -0.280. The maximum atomic E-state index is 11.8. The van der Waals surface area contributed by atoms with E-state index in [2.05, 4.69) is 18.1 Å². The number of nitrogens with one attached hydrogen (secondary N) is 1. The summed E-state index contributed by atoms with van der Waals surface area (Å²) < 4.78 is 51.8. The molecule has 0 saturated carbocycles. The molecule has 18 heteroatoms. The van der Waals surface area contributed by atoms with Crippen LogP contribution in [0.15, 0.2) is 21.9 Å². The van der Waals surface area contributed by atoms with E-state index >= 15 is 0 Å². The Labute approximate surface area is 156 Å². The summed E-state index contributed by atoms with van der Waals surface area (Å²) >= 11 is 0. The number of phosphoric acid groups is 3. The van der Waals surface area contributed by atoms with Crippen LogP contribution >= 0.6 is 23.5 Å². The number of hydrogen-bond acceptors (Lipinski definition) is 9. The SMILES string of the molecule is C[C@H]1CC(COP(=O)(O)OP(=O)(O)OP(=O)(O)O)OC1n1ccc(=O)[nH]c1=O. The Morgan fingerprint density at radius 1 is 1.18 bits per heavy atom. The second kappa shape index (κ2) is 8.42. The third-order valence-electron chi connectivity index (χ3n) is 3.42. The predicted molar refractivity (Wildman–Crippen MR) is 88.8 cm³/mol. The number of aromatic amines is 1. The molecule has 0 aromatic carbocycles. The van der Waals surface area contributed by atoms with Crippen LogP contribution in [0.25, 0.3) is 0 Å². The molecule has 1 aromatic heterocycles. The maximum Gasteiger partial charge on any atom is 0.490 e. The van der Waals surface area contributed by atoms with Crippen molar-refractivity contribution in [2.75, 3.05) is 6.61 Å². The molecule has 1 saturated heterocycles. The fourth-order valence-electron chi connectivity index (χ4n) is 2.47. The van der Waals surface area contributed by atoms with Crippen LogP contribution in [0.1, 0.15) is 19.6 Å². The van der Waals surface area contributed by atoms with E-state index in [1.54, 1.807) is 6.92 Å². The fraction of sp³-hybridized carbons (Fsp3) is 0.600. The lowest BCUT2D eigenvalue weighted by atomic mass is 10.1. The van der Waals surface area contributed by atoms with Gasteiger partial charge < -0.3 is 24.3 Å². The van der Waals surface area contributed by atoms with Crippen molar-refractivity contribution in [3.63, 3.8) is 0 Å². The van der Waals surface area contributed by atoms with Gasteiger partial charge in [0.2, 0.25) is 0 Å². The highest BCUT2D eigenvalue weighted by atomic mass is 31.3. The Morgan fingerprint density at radius 2 is 1.82 bits per heavy atom. The van der Waals surface area contributed by atoms with Crippen LogP contribution < -0.4 is 11.2 Å². The lowest BCUT2D eigenvalue weighted by Crippen LogP contribution is -2.33. The summed E-state index contributed by atoms with van der Waals surface area (Å²) in [5, 5.41) is 0. The van der Waals surface area contributed by atoms with E-state index in [1.165, 1.54) is 6.20 Å². The highest BCUT2D eigenvalue weighted by molar-refractivity contribution is 7.66. The van der Waals surface area contributed by atoms with Crippen LogP contribution in [-0.2, 0) is 31.6 Å². The molecule has 1 aliphatic rings. The maximum absolute atomic E-state index is 11.8. The molecule has 0 spiro atoms. The molecule has 15 nitrogen and oxygen atoms in total. The Balaban J connectivity index is 1.98. The van der Waals surface area contributed by atoms with E-state index < -0.39 is 53.7 Å². The van der Waals surface area contributed by atoms with E-state index in [9.17, 15) is 28.2 Å². The minimum atomic E-state index is -5.60. The molecule has 0 bridgehead atoms. The normalized spacial score (nSPS) is 27.2. The van der Waals surface area contributed by atoms with E-state index in [4.69, 9.17) is 19.4 Å². The van der Waals surface area contributed by atoms with Crippen LogP contribution in [0.3, 0.4) is 0 Å². The first-order chi connectivity index (χ1) is 12.7. The molecule has 4 unspecified atom stereocenters. The van der Waals surface area contributed by atoms with Crippen molar-refractivity contribution in [1.82, 2.24) is 9.55 Å². The van der Waals surface area contributed by atoms with Crippen LogP contribution in [-0.4, -0.2) is 41.8 Å². The van der Waals surface area contributed by atoms with Gasteiger partial charge >= 0.3 is 29.2 Å². The fourth-order valence-corrected chi connectivity index (χ4v) is 5.52. The average Bonchev–Trinajstić information content (AvgIpc) is 2.82. The first kappa shape index (κ1) is 23.3. The van der Waals surface area contributed by atoms with Gasteiger partial charge in [-0.1, -0.05) is 6.92 Å². The molecule has 1 aliphatic heterocycles. The molecule has 2 rings (SSSR count). The van der Waals surface area contributed by atoms with Crippen LogP contribution in [0.5, 0.6) is 0 Å². The van der Waals surface area contributed by atoms with Crippen molar-refractivity contribution in [3.8, 4) is 0 Å². The number of nitrogens with zero attached hydrogens (tertiary/aromatic N) is 1. The van der Waals surface area contributed by atoms with E-state index in [0.29, 0.717) is 0 Å². The summed E-state index contributed by atoms with van der Waals surface area (Å²) in [6.07, 6.45) is -0.207. The van der Waals surface area contributed by atoms with Crippen molar-refractivity contribution in [2.24, 2.45) is 5.92 Å². The van der Waals surface area contributed by atoms with Crippen molar-refractivity contribution >= 4 is 23.5 Å². The van der Waals surface area contributed by atoms with E-state index in [-0.39, 0.29) is 12.3 Å². The zero-order chi connectivity index (χ0) is 21.3. The lowest BCUT2D eigenvalue weighted by Gasteiger charge is -2.19. The number of hydrogen-bond donors (Lipinski definition) is 5. The van der Waals surface area contributed by atoms with Gasteiger partial charge in [0.1, 0.15) is 6.23 Å². The minimum absolute atomic E-state index is 0.242. The van der Waals surface area contributed by atoms with Gasteiger partial charge in [-0.25, -0.2) is 18.5 Å². The first-order valence-electron chi connectivity index (χ1n) is 7.43.